The number of hydrogen-bond acceptors (Lipinski definition) is 5. The molecule has 0 fully saturated rings. The number of aliphatic imine (C=N–C) groups is 1. The first kappa shape index (κ1) is 18.0. The highest BCUT2D eigenvalue weighted by molar-refractivity contribution is 8.18. The molecule has 1 aliphatic heterocycles. The molecule has 0 aliphatic carbocycles. The average molecular weight is 369 g/mol. The van der Waals surface area contributed by atoms with Gasteiger partial charge in [-0.05, 0) is 68.4 Å². The molecule has 1 amide bonds. The van der Waals surface area contributed by atoms with Crippen molar-refractivity contribution in [2.24, 2.45) is 10.7 Å². The molecule has 2 heterocycles. The molecule has 1 aromatic heterocycles. The van der Waals surface area contributed by atoms with Crippen LogP contribution < -0.4 is 5.73 Å². The van der Waals surface area contributed by atoms with E-state index in [2.05, 4.69) is 4.99 Å². The van der Waals surface area contributed by atoms with Crippen molar-refractivity contribution < 1.29 is 14.3 Å². The number of amidine groups is 1. The first-order valence-corrected chi connectivity index (χ1v) is 8.97. The van der Waals surface area contributed by atoms with Crippen molar-refractivity contribution in [1.29, 1.82) is 0 Å². The number of thioether (sulfide) groups is 1. The largest absolute Gasteiger partial charge is 0.462 e. The van der Waals surface area contributed by atoms with Gasteiger partial charge in [-0.25, -0.2) is 4.79 Å². The molecule has 0 spiro atoms. The van der Waals surface area contributed by atoms with Gasteiger partial charge in [0.15, 0.2) is 5.17 Å². The van der Waals surface area contributed by atoms with Gasteiger partial charge in [-0.15, -0.1) is 0 Å². The summed E-state index contributed by atoms with van der Waals surface area (Å²) >= 11 is 1.17. The number of esters is 1. The zero-order chi connectivity index (χ0) is 18.8. The Morgan fingerprint density at radius 1 is 1.35 bits per heavy atom. The van der Waals surface area contributed by atoms with Crippen LogP contribution in [0, 0.1) is 13.8 Å². The van der Waals surface area contributed by atoms with Crippen LogP contribution in [0.4, 0.5) is 0 Å². The molecule has 26 heavy (non-hydrogen) atoms. The zero-order valence-electron chi connectivity index (χ0n) is 14.8. The second-order valence-corrected chi connectivity index (χ2v) is 6.86. The van der Waals surface area contributed by atoms with E-state index in [9.17, 15) is 9.59 Å². The number of nitrogens with zero attached hydrogens (tertiary/aromatic N) is 2. The van der Waals surface area contributed by atoms with E-state index < -0.39 is 0 Å². The lowest BCUT2D eigenvalue weighted by Gasteiger charge is -2.11. The fourth-order valence-electron chi connectivity index (χ4n) is 2.88. The molecule has 134 valence electrons. The summed E-state index contributed by atoms with van der Waals surface area (Å²) in [5, 5.41) is 0.261. The van der Waals surface area contributed by atoms with Crippen molar-refractivity contribution in [3.05, 3.63) is 57.8 Å². The second kappa shape index (κ2) is 7.21. The third kappa shape index (κ3) is 3.43. The summed E-state index contributed by atoms with van der Waals surface area (Å²) in [6, 6.07) is 9.26. The molecule has 1 aliphatic rings. The highest BCUT2D eigenvalue weighted by Gasteiger charge is 2.21. The van der Waals surface area contributed by atoms with Gasteiger partial charge in [0.05, 0.1) is 17.1 Å². The number of rotatable bonds is 4. The smallest absolute Gasteiger partial charge is 0.338 e. The minimum absolute atomic E-state index is 0.261. The van der Waals surface area contributed by atoms with Crippen molar-refractivity contribution in [3.63, 3.8) is 0 Å². The lowest BCUT2D eigenvalue weighted by atomic mass is 10.2. The zero-order valence-corrected chi connectivity index (χ0v) is 15.6. The standard InChI is InChI=1S/C19H19N3O3S/c1-4-25-18(24)13-6-5-7-15(9-13)22-11(2)8-14(12(22)3)10-16-17(23)21-19(20)26-16/h5-10H,4H2,1-3H3,(H2,20,21,23). The molecule has 6 nitrogen and oxygen atoms in total. The van der Waals surface area contributed by atoms with E-state index >= 15 is 0 Å². The SMILES string of the molecule is CCOC(=O)c1cccc(-n2c(C)cc(C=C3SC(N)=NC3=O)c2C)c1. The topological polar surface area (TPSA) is 86.7 Å². The van der Waals surface area contributed by atoms with E-state index in [-0.39, 0.29) is 17.0 Å². The summed E-state index contributed by atoms with van der Waals surface area (Å²) in [6.07, 6.45) is 1.80. The minimum Gasteiger partial charge on any atom is -0.462 e. The monoisotopic (exact) mass is 369 g/mol. The number of aryl methyl sites for hydroxylation is 1. The minimum atomic E-state index is -0.347. The molecular weight excluding hydrogens is 350 g/mol. The number of nitrogens with two attached hydrogens (primary N) is 1. The fraction of sp³-hybridized carbons (Fsp3) is 0.211. The summed E-state index contributed by atoms with van der Waals surface area (Å²) < 4.78 is 7.10. The first-order chi connectivity index (χ1) is 12.4. The third-order valence-corrected chi connectivity index (χ3v) is 4.82. The third-order valence-electron chi connectivity index (χ3n) is 4.01. The van der Waals surface area contributed by atoms with Crippen LogP contribution in [0.25, 0.3) is 11.8 Å². The van der Waals surface area contributed by atoms with Crippen molar-refractivity contribution in [1.82, 2.24) is 4.57 Å². The van der Waals surface area contributed by atoms with Crippen LogP contribution in [-0.2, 0) is 9.53 Å². The normalized spacial score (nSPS) is 15.4. The highest BCUT2D eigenvalue weighted by Crippen LogP contribution is 2.29. The molecule has 1 aromatic carbocycles. The maximum atomic E-state index is 12.0. The van der Waals surface area contributed by atoms with Gasteiger partial charge in [0.2, 0.25) is 0 Å². The lowest BCUT2D eigenvalue weighted by molar-refractivity contribution is -0.113. The van der Waals surface area contributed by atoms with Gasteiger partial charge < -0.3 is 15.0 Å². The van der Waals surface area contributed by atoms with E-state index in [4.69, 9.17) is 10.5 Å². The van der Waals surface area contributed by atoms with Gasteiger partial charge in [-0.1, -0.05) is 6.07 Å². The Morgan fingerprint density at radius 3 is 2.77 bits per heavy atom. The Morgan fingerprint density at radius 2 is 2.12 bits per heavy atom. The Kier molecular flexibility index (Phi) is 4.99. The molecular formula is C19H19N3O3S. The molecule has 0 bridgehead atoms. The van der Waals surface area contributed by atoms with Crippen molar-refractivity contribution in [3.8, 4) is 5.69 Å². The summed E-state index contributed by atoms with van der Waals surface area (Å²) in [6.45, 7) is 6.05. The molecule has 0 atom stereocenters. The number of amides is 1. The second-order valence-electron chi connectivity index (χ2n) is 5.80. The molecule has 0 unspecified atom stereocenters. The van der Waals surface area contributed by atoms with E-state index in [1.165, 1.54) is 11.8 Å². The molecule has 0 radical (unpaired) electrons. The number of carbonyl (C=O) groups excluding carboxylic acids is 2. The van der Waals surface area contributed by atoms with Crippen LogP contribution in [0.5, 0.6) is 0 Å². The van der Waals surface area contributed by atoms with Crippen LogP contribution in [0.1, 0.15) is 34.2 Å². The Balaban J connectivity index is 1.99. The number of carbonyl (C=O) groups is 2. The summed E-state index contributed by atoms with van der Waals surface area (Å²) in [5.41, 5.74) is 9.81. The first-order valence-electron chi connectivity index (χ1n) is 8.15. The maximum Gasteiger partial charge on any atom is 0.338 e. The van der Waals surface area contributed by atoms with Gasteiger partial charge in [0.1, 0.15) is 0 Å². The Hall–Kier alpha value is -2.80. The van der Waals surface area contributed by atoms with Gasteiger partial charge in [0, 0.05) is 17.1 Å². The molecule has 2 aromatic rings. The van der Waals surface area contributed by atoms with Gasteiger partial charge >= 0.3 is 5.97 Å². The summed E-state index contributed by atoms with van der Waals surface area (Å²) in [4.78, 5) is 28.0. The summed E-state index contributed by atoms with van der Waals surface area (Å²) in [7, 11) is 0. The van der Waals surface area contributed by atoms with Crippen LogP contribution in [-0.4, -0.2) is 28.2 Å². The predicted octanol–water partition coefficient (Wildman–Crippen LogP) is 3.20. The number of hydrogen-bond donors (Lipinski definition) is 1. The van der Waals surface area contributed by atoms with Crippen LogP contribution in [0.15, 0.2) is 40.2 Å². The number of ether oxygens (including phenoxy) is 1. The van der Waals surface area contributed by atoms with Gasteiger partial charge in [-0.2, -0.15) is 4.99 Å². The van der Waals surface area contributed by atoms with E-state index in [0.29, 0.717) is 17.1 Å². The van der Waals surface area contributed by atoms with E-state index in [1.807, 2.05) is 36.6 Å². The maximum absolute atomic E-state index is 12.0. The number of benzene rings is 1. The molecule has 3 rings (SSSR count). The molecule has 2 N–H and O–H groups in total. The van der Waals surface area contributed by atoms with Crippen LogP contribution in [0.3, 0.4) is 0 Å². The van der Waals surface area contributed by atoms with Gasteiger partial charge in [0.25, 0.3) is 5.91 Å². The van der Waals surface area contributed by atoms with Crippen molar-refractivity contribution >= 4 is 34.9 Å². The quantitative estimate of drug-likeness (QED) is 0.661. The number of aromatic nitrogens is 1. The molecule has 0 saturated heterocycles. The molecule has 0 saturated carbocycles. The van der Waals surface area contributed by atoms with E-state index in [0.717, 1.165) is 22.6 Å². The molecule has 7 heteroatoms. The van der Waals surface area contributed by atoms with Crippen molar-refractivity contribution in [2.45, 2.75) is 20.8 Å². The summed E-state index contributed by atoms with van der Waals surface area (Å²) in [5.74, 6) is -0.665. The average Bonchev–Trinajstić information content (AvgIpc) is 3.06. The van der Waals surface area contributed by atoms with Gasteiger partial charge in [-0.3, -0.25) is 4.79 Å². The van der Waals surface area contributed by atoms with Crippen LogP contribution in [0.2, 0.25) is 0 Å². The highest BCUT2D eigenvalue weighted by atomic mass is 32.2. The lowest BCUT2D eigenvalue weighted by Crippen LogP contribution is -2.06. The van der Waals surface area contributed by atoms with Crippen LogP contribution >= 0.6 is 11.8 Å². The fourth-order valence-corrected chi connectivity index (χ4v) is 3.56. The van der Waals surface area contributed by atoms with E-state index in [1.54, 1.807) is 25.1 Å². The van der Waals surface area contributed by atoms with Crippen molar-refractivity contribution in [2.75, 3.05) is 6.61 Å². The predicted molar refractivity (Wildman–Crippen MR) is 103 cm³/mol. The Bertz CT molecular complexity index is 957. The Labute approximate surface area is 155 Å².